The van der Waals surface area contributed by atoms with E-state index in [1.54, 1.807) is 13.1 Å². The predicted octanol–water partition coefficient (Wildman–Crippen LogP) is 2.93. The molecule has 6 nitrogen and oxygen atoms in total. The van der Waals surface area contributed by atoms with Crippen LogP contribution in [0.3, 0.4) is 0 Å². The molecule has 0 saturated heterocycles. The van der Waals surface area contributed by atoms with Crippen molar-refractivity contribution in [1.82, 2.24) is 10.3 Å². The van der Waals surface area contributed by atoms with Crippen molar-refractivity contribution in [3.8, 4) is 17.1 Å². The number of ether oxygens (including phenoxy) is 1. The van der Waals surface area contributed by atoms with Crippen LogP contribution >= 0.6 is 0 Å². The summed E-state index contributed by atoms with van der Waals surface area (Å²) < 4.78 is 5.21. The number of carbonyl (C=O) groups is 1. The molecule has 0 fully saturated rings. The molecule has 0 radical (unpaired) electrons. The Labute approximate surface area is 166 Å². The van der Waals surface area contributed by atoms with Crippen LogP contribution in [0.15, 0.2) is 41.4 Å². The molecule has 1 aromatic heterocycles. The van der Waals surface area contributed by atoms with E-state index in [-0.39, 0.29) is 6.61 Å². The van der Waals surface area contributed by atoms with Gasteiger partial charge in [0.05, 0.1) is 31.5 Å². The zero-order valence-electron chi connectivity index (χ0n) is 16.8. The molecule has 0 unspecified atom stereocenters. The molecule has 2 heterocycles. The number of allylic oxidation sites excluding steroid dienone is 1. The third-order valence-electron chi connectivity index (χ3n) is 4.49. The van der Waals surface area contributed by atoms with Gasteiger partial charge in [-0.3, -0.25) is 9.79 Å². The summed E-state index contributed by atoms with van der Waals surface area (Å²) in [6.07, 6.45) is 2.90. The Hall–Kier alpha value is -2.83. The molecule has 6 heteroatoms. The highest BCUT2D eigenvalue weighted by molar-refractivity contribution is 6.24. The Morgan fingerprint density at radius 3 is 2.50 bits per heavy atom. The fourth-order valence-corrected chi connectivity index (χ4v) is 2.98. The molecule has 0 amide bonds. The van der Waals surface area contributed by atoms with Crippen LogP contribution in [0, 0.1) is 6.92 Å². The van der Waals surface area contributed by atoms with Crippen molar-refractivity contribution in [2.75, 3.05) is 33.9 Å². The van der Waals surface area contributed by atoms with Gasteiger partial charge in [-0.1, -0.05) is 24.3 Å². The summed E-state index contributed by atoms with van der Waals surface area (Å²) in [5, 5.41) is 10.8. The van der Waals surface area contributed by atoms with Crippen LogP contribution in [0.5, 0.6) is 5.88 Å². The van der Waals surface area contributed by atoms with E-state index in [9.17, 15) is 4.79 Å². The van der Waals surface area contributed by atoms with Crippen LogP contribution in [0.2, 0.25) is 0 Å². The van der Waals surface area contributed by atoms with Gasteiger partial charge in [-0.2, -0.15) is 0 Å². The Bertz CT molecular complexity index is 887. The van der Waals surface area contributed by atoms with Crippen LogP contribution in [-0.2, 0) is 0 Å². The second-order valence-corrected chi connectivity index (χ2v) is 6.26. The average molecular weight is 381 g/mol. The largest absolute Gasteiger partial charge is 0.480 e. The number of hydrogen-bond acceptors (Lipinski definition) is 6. The van der Waals surface area contributed by atoms with Crippen molar-refractivity contribution >= 4 is 17.6 Å². The van der Waals surface area contributed by atoms with E-state index in [2.05, 4.69) is 34.4 Å². The highest BCUT2D eigenvalue weighted by Crippen LogP contribution is 2.31. The molecule has 2 aromatic rings. The van der Waals surface area contributed by atoms with Gasteiger partial charge in [-0.05, 0) is 44.2 Å². The molecular formula is C22H27N3O3. The number of nitrogens with zero attached hydrogens (tertiary/aromatic N) is 2. The van der Waals surface area contributed by atoms with E-state index in [4.69, 9.17) is 9.84 Å². The second kappa shape index (κ2) is 10.5. The molecule has 3 rings (SSSR count). The second-order valence-electron chi connectivity index (χ2n) is 6.26. The van der Waals surface area contributed by atoms with Crippen molar-refractivity contribution in [2.45, 2.75) is 13.8 Å². The van der Waals surface area contributed by atoms with Gasteiger partial charge in [0.1, 0.15) is 0 Å². The van der Waals surface area contributed by atoms with E-state index in [1.807, 2.05) is 25.1 Å². The Balaban J connectivity index is 0.000000500. The number of nitrogens with one attached hydrogen (secondary N) is 1. The molecule has 28 heavy (non-hydrogen) atoms. The minimum absolute atomic E-state index is 0.233. The maximum atomic E-state index is 11.0. The van der Waals surface area contributed by atoms with Crippen LogP contribution in [-0.4, -0.2) is 55.9 Å². The third-order valence-corrected chi connectivity index (χ3v) is 4.49. The van der Waals surface area contributed by atoms with Crippen molar-refractivity contribution in [1.29, 1.82) is 0 Å². The number of aldehydes is 1. The number of rotatable bonds is 6. The van der Waals surface area contributed by atoms with Gasteiger partial charge in [-0.15, -0.1) is 0 Å². The summed E-state index contributed by atoms with van der Waals surface area (Å²) in [7, 11) is 3.32. The summed E-state index contributed by atoms with van der Waals surface area (Å²) in [5.41, 5.74) is 6.82. The molecule has 1 aromatic carbocycles. The first-order chi connectivity index (χ1) is 13.6. The molecule has 148 valence electrons. The smallest absolute Gasteiger partial charge is 0.224 e. The summed E-state index contributed by atoms with van der Waals surface area (Å²) in [6, 6.07) is 9.74. The number of likely N-dealkylation sites (N-methyl/N-ethyl adjacent to an activating group) is 1. The molecule has 0 atom stereocenters. The summed E-state index contributed by atoms with van der Waals surface area (Å²) in [4.78, 5) is 19.9. The van der Waals surface area contributed by atoms with Crippen LogP contribution in [0.4, 0.5) is 0 Å². The Morgan fingerprint density at radius 2 is 1.96 bits per heavy atom. The monoisotopic (exact) mass is 381 g/mol. The molecule has 0 aliphatic carbocycles. The van der Waals surface area contributed by atoms with Gasteiger partial charge < -0.3 is 15.2 Å². The first kappa shape index (κ1) is 21.5. The normalized spacial score (nSPS) is 12.6. The minimum Gasteiger partial charge on any atom is -0.480 e. The van der Waals surface area contributed by atoms with Gasteiger partial charge in [0.2, 0.25) is 5.88 Å². The van der Waals surface area contributed by atoms with Gasteiger partial charge in [0, 0.05) is 23.4 Å². The maximum Gasteiger partial charge on any atom is 0.224 e. The van der Waals surface area contributed by atoms with Crippen molar-refractivity contribution in [3.05, 3.63) is 53.1 Å². The summed E-state index contributed by atoms with van der Waals surface area (Å²) in [6.45, 7) is 5.78. The van der Waals surface area contributed by atoms with Crippen LogP contribution in [0.1, 0.15) is 28.4 Å². The molecule has 1 aliphatic rings. The lowest BCUT2D eigenvalue weighted by molar-refractivity contribution is 0.112. The first-order valence-electron chi connectivity index (χ1n) is 9.15. The van der Waals surface area contributed by atoms with Crippen molar-refractivity contribution < 1.29 is 14.6 Å². The quantitative estimate of drug-likeness (QED) is 0.752. The van der Waals surface area contributed by atoms with E-state index in [0.717, 1.165) is 35.4 Å². The number of pyridine rings is 1. The number of aromatic nitrogens is 1. The third kappa shape index (κ3) is 4.91. The molecule has 0 spiro atoms. The Kier molecular flexibility index (Phi) is 8.04. The highest BCUT2D eigenvalue weighted by atomic mass is 16.5. The van der Waals surface area contributed by atoms with Crippen LogP contribution < -0.4 is 10.1 Å². The molecule has 0 saturated carbocycles. The molecule has 2 N–H and O–H groups in total. The lowest BCUT2D eigenvalue weighted by atomic mass is 9.93. The Morgan fingerprint density at radius 1 is 1.21 bits per heavy atom. The number of aliphatic hydroxyl groups excluding tert-OH is 1. The lowest BCUT2D eigenvalue weighted by Crippen LogP contribution is -2.10. The van der Waals surface area contributed by atoms with Crippen molar-refractivity contribution in [2.24, 2.45) is 4.99 Å². The number of aliphatic imine (C=N–C) groups is 1. The predicted molar refractivity (Wildman–Crippen MR) is 113 cm³/mol. The fraction of sp³-hybridized carbons (Fsp3) is 0.318. The van der Waals surface area contributed by atoms with Crippen LogP contribution in [0.25, 0.3) is 16.8 Å². The van der Waals surface area contributed by atoms with E-state index < -0.39 is 0 Å². The SMILES string of the molecule is CNCCO.COc1nc(-c2cccc(C3=CCN=C3C)c2C)ccc1C=O. The van der Waals surface area contributed by atoms with Gasteiger partial charge in [-0.25, -0.2) is 4.98 Å². The van der Waals surface area contributed by atoms with E-state index in [1.165, 1.54) is 18.2 Å². The number of hydrogen-bond donors (Lipinski definition) is 2. The fourth-order valence-electron chi connectivity index (χ4n) is 2.98. The molecule has 0 bridgehead atoms. The standard InChI is InChI=1S/C19H18N2O2.C3H9NO/c1-12-15(17-9-10-20-13(17)2)5-4-6-16(12)18-8-7-14(11-22)19(21-18)23-3;1-4-2-3-5/h4-9,11H,10H2,1-3H3;4-5H,2-3H2,1H3. The zero-order valence-corrected chi connectivity index (χ0v) is 16.8. The summed E-state index contributed by atoms with van der Waals surface area (Å²) in [5.74, 6) is 0.347. The van der Waals surface area contributed by atoms with Gasteiger partial charge >= 0.3 is 0 Å². The number of carbonyl (C=O) groups excluding carboxylic acids is 1. The zero-order chi connectivity index (χ0) is 20.5. The van der Waals surface area contributed by atoms with Gasteiger partial charge in [0.25, 0.3) is 0 Å². The number of aliphatic hydroxyl groups is 1. The molecule has 1 aliphatic heterocycles. The average Bonchev–Trinajstić information content (AvgIpc) is 3.14. The number of benzene rings is 1. The molecular weight excluding hydrogens is 354 g/mol. The topological polar surface area (TPSA) is 83.8 Å². The summed E-state index contributed by atoms with van der Waals surface area (Å²) >= 11 is 0. The number of methoxy groups -OCH3 is 1. The van der Waals surface area contributed by atoms with Crippen molar-refractivity contribution in [3.63, 3.8) is 0 Å². The van der Waals surface area contributed by atoms with E-state index in [0.29, 0.717) is 18.0 Å². The highest BCUT2D eigenvalue weighted by Gasteiger charge is 2.16. The van der Waals surface area contributed by atoms with Gasteiger partial charge in [0.15, 0.2) is 6.29 Å². The lowest BCUT2D eigenvalue weighted by Gasteiger charge is -2.13. The maximum absolute atomic E-state index is 11.0. The first-order valence-corrected chi connectivity index (χ1v) is 9.15. The van der Waals surface area contributed by atoms with E-state index >= 15 is 0 Å². The minimum atomic E-state index is 0.233.